The third-order valence-corrected chi connectivity index (χ3v) is 5.22. The fourth-order valence-electron chi connectivity index (χ4n) is 3.71. The Bertz CT molecular complexity index is 899. The van der Waals surface area contributed by atoms with Crippen LogP contribution in [0.25, 0.3) is 0 Å². The highest BCUT2D eigenvalue weighted by atomic mass is 19.1. The Balaban J connectivity index is 1.45. The highest BCUT2D eigenvalue weighted by Gasteiger charge is 2.44. The molecule has 2 aromatic carbocycles. The number of carbonyl (C=O) groups is 2. The van der Waals surface area contributed by atoms with Gasteiger partial charge in [0.2, 0.25) is 11.8 Å². The first kappa shape index (κ1) is 17.5. The van der Waals surface area contributed by atoms with Gasteiger partial charge < -0.3 is 15.0 Å². The summed E-state index contributed by atoms with van der Waals surface area (Å²) in [6, 6.07) is 11.7. The van der Waals surface area contributed by atoms with Crippen LogP contribution < -0.4 is 15.0 Å². The first-order valence-corrected chi connectivity index (χ1v) is 9.11. The van der Waals surface area contributed by atoms with E-state index < -0.39 is 0 Å². The molecular formula is C21H21FN2O3. The van der Waals surface area contributed by atoms with E-state index in [9.17, 15) is 14.0 Å². The molecule has 1 saturated heterocycles. The van der Waals surface area contributed by atoms with Crippen LogP contribution in [0.5, 0.6) is 5.75 Å². The second kappa shape index (κ2) is 7.02. The number of halogens is 1. The Morgan fingerprint density at radius 1 is 1.26 bits per heavy atom. The van der Waals surface area contributed by atoms with E-state index in [0.717, 1.165) is 17.7 Å². The van der Waals surface area contributed by atoms with E-state index in [0.29, 0.717) is 30.8 Å². The molecule has 2 fully saturated rings. The number of nitrogens with zero attached hydrogens (tertiary/aromatic N) is 1. The zero-order chi connectivity index (χ0) is 19.0. The molecule has 0 radical (unpaired) electrons. The molecule has 1 saturated carbocycles. The van der Waals surface area contributed by atoms with Crippen LogP contribution in [-0.4, -0.2) is 25.5 Å². The lowest BCUT2D eigenvalue weighted by molar-refractivity contribution is -0.118. The van der Waals surface area contributed by atoms with Crippen molar-refractivity contribution in [3.8, 4) is 5.75 Å². The first-order chi connectivity index (χ1) is 13.1. The van der Waals surface area contributed by atoms with Crippen molar-refractivity contribution >= 4 is 23.2 Å². The lowest BCUT2D eigenvalue weighted by atomic mass is 10.1. The monoisotopic (exact) mass is 368 g/mol. The topological polar surface area (TPSA) is 58.6 Å². The SMILES string of the molecule is COc1cc(NC(=O)C2CC2c2cccc(F)c2)ccc1N1CCCC1=O. The average molecular weight is 368 g/mol. The van der Waals surface area contributed by atoms with Crippen molar-refractivity contribution in [2.45, 2.75) is 25.2 Å². The molecule has 4 rings (SSSR count). The van der Waals surface area contributed by atoms with Crippen molar-refractivity contribution in [2.75, 3.05) is 23.9 Å². The number of carbonyl (C=O) groups excluding carboxylic acids is 2. The van der Waals surface area contributed by atoms with Gasteiger partial charge in [-0.1, -0.05) is 12.1 Å². The van der Waals surface area contributed by atoms with Crippen molar-refractivity contribution in [3.05, 3.63) is 53.8 Å². The zero-order valence-electron chi connectivity index (χ0n) is 15.1. The molecule has 6 heteroatoms. The molecule has 27 heavy (non-hydrogen) atoms. The normalized spacial score (nSPS) is 21.3. The number of ether oxygens (including phenoxy) is 1. The predicted molar refractivity (Wildman–Crippen MR) is 100 cm³/mol. The maximum Gasteiger partial charge on any atom is 0.228 e. The standard InChI is InChI=1S/C21H21FN2O3/c1-27-19-11-15(7-8-18(19)24-9-3-6-20(24)25)23-21(26)17-12-16(17)13-4-2-5-14(22)10-13/h2,4-5,7-8,10-11,16-17H,3,6,9,12H2,1H3,(H,23,26). The Labute approximate surface area is 157 Å². The molecule has 0 aromatic heterocycles. The van der Waals surface area contributed by atoms with E-state index in [4.69, 9.17) is 4.74 Å². The molecule has 1 heterocycles. The molecule has 0 spiro atoms. The van der Waals surface area contributed by atoms with Crippen LogP contribution in [0.15, 0.2) is 42.5 Å². The minimum Gasteiger partial charge on any atom is -0.494 e. The molecule has 2 aliphatic rings. The number of rotatable bonds is 5. The van der Waals surface area contributed by atoms with Crippen LogP contribution >= 0.6 is 0 Å². The Morgan fingerprint density at radius 2 is 2.11 bits per heavy atom. The Morgan fingerprint density at radius 3 is 2.81 bits per heavy atom. The van der Waals surface area contributed by atoms with Gasteiger partial charge in [0, 0.05) is 30.6 Å². The second-order valence-corrected chi connectivity index (χ2v) is 7.03. The maximum absolute atomic E-state index is 13.4. The summed E-state index contributed by atoms with van der Waals surface area (Å²) in [6.07, 6.45) is 2.10. The van der Waals surface area contributed by atoms with Crippen molar-refractivity contribution in [3.63, 3.8) is 0 Å². The van der Waals surface area contributed by atoms with Gasteiger partial charge in [-0.25, -0.2) is 4.39 Å². The zero-order valence-corrected chi connectivity index (χ0v) is 15.1. The van der Waals surface area contributed by atoms with E-state index in [1.807, 2.05) is 6.07 Å². The number of hydrogen-bond acceptors (Lipinski definition) is 3. The smallest absolute Gasteiger partial charge is 0.228 e. The van der Waals surface area contributed by atoms with Gasteiger partial charge in [0.1, 0.15) is 11.6 Å². The largest absolute Gasteiger partial charge is 0.494 e. The molecule has 5 nitrogen and oxygen atoms in total. The third kappa shape index (κ3) is 3.52. The lowest BCUT2D eigenvalue weighted by Crippen LogP contribution is -2.24. The number of nitrogens with one attached hydrogen (secondary N) is 1. The third-order valence-electron chi connectivity index (χ3n) is 5.22. The average Bonchev–Trinajstić information content (AvgIpc) is 3.36. The summed E-state index contributed by atoms with van der Waals surface area (Å²) in [5, 5.41) is 2.91. The Hall–Kier alpha value is -2.89. The van der Waals surface area contributed by atoms with Gasteiger partial charge in [-0.2, -0.15) is 0 Å². The molecule has 1 aliphatic heterocycles. The minimum atomic E-state index is -0.282. The summed E-state index contributed by atoms with van der Waals surface area (Å²) in [4.78, 5) is 26.2. The van der Waals surface area contributed by atoms with Crippen molar-refractivity contribution in [1.29, 1.82) is 0 Å². The van der Waals surface area contributed by atoms with Crippen LogP contribution in [0.4, 0.5) is 15.8 Å². The lowest BCUT2D eigenvalue weighted by Gasteiger charge is -2.19. The van der Waals surface area contributed by atoms with Crippen LogP contribution in [0.1, 0.15) is 30.7 Å². The molecule has 2 amide bonds. The molecule has 1 aliphatic carbocycles. The van der Waals surface area contributed by atoms with Gasteiger partial charge in [-0.05, 0) is 48.6 Å². The quantitative estimate of drug-likeness (QED) is 0.875. The molecular weight excluding hydrogens is 347 g/mol. The van der Waals surface area contributed by atoms with Gasteiger partial charge in [0.05, 0.1) is 12.8 Å². The fourth-order valence-corrected chi connectivity index (χ4v) is 3.71. The summed E-state index contributed by atoms with van der Waals surface area (Å²) in [7, 11) is 1.55. The van der Waals surface area contributed by atoms with Crippen LogP contribution in [0, 0.1) is 11.7 Å². The van der Waals surface area contributed by atoms with Gasteiger partial charge in [-0.3, -0.25) is 9.59 Å². The van der Waals surface area contributed by atoms with Gasteiger partial charge >= 0.3 is 0 Å². The molecule has 2 aromatic rings. The highest BCUT2D eigenvalue weighted by molar-refractivity contribution is 5.98. The molecule has 140 valence electrons. The van der Waals surface area contributed by atoms with Gasteiger partial charge in [0.25, 0.3) is 0 Å². The maximum atomic E-state index is 13.4. The van der Waals surface area contributed by atoms with E-state index in [-0.39, 0.29) is 29.5 Å². The van der Waals surface area contributed by atoms with E-state index in [1.165, 1.54) is 12.1 Å². The molecule has 1 N–H and O–H groups in total. The van der Waals surface area contributed by atoms with Crippen molar-refractivity contribution < 1.29 is 18.7 Å². The second-order valence-electron chi connectivity index (χ2n) is 7.03. The number of benzene rings is 2. The first-order valence-electron chi connectivity index (χ1n) is 9.11. The highest BCUT2D eigenvalue weighted by Crippen LogP contribution is 2.48. The fraction of sp³-hybridized carbons (Fsp3) is 0.333. The number of anilines is 2. The molecule has 2 unspecified atom stereocenters. The Kier molecular flexibility index (Phi) is 4.56. The van der Waals surface area contributed by atoms with Crippen LogP contribution in [0.3, 0.4) is 0 Å². The van der Waals surface area contributed by atoms with Crippen LogP contribution in [-0.2, 0) is 9.59 Å². The summed E-state index contributed by atoms with van der Waals surface area (Å²) < 4.78 is 18.8. The molecule has 0 bridgehead atoms. The summed E-state index contributed by atoms with van der Waals surface area (Å²) in [5.74, 6) is 0.176. The van der Waals surface area contributed by atoms with Gasteiger partial charge in [0.15, 0.2) is 0 Å². The van der Waals surface area contributed by atoms with E-state index in [1.54, 1.807) is 36.3 Å². The number of amides is 2. The predicted octanol–water partition coefficient (Wildman–Crippen LogP) is 3.70. The van der Waals surface area contributed by atoms with Crippen LogP contribution in [0.2, 0.25) is 0 Å². The summed E-state index contributed by atoms with van der Waals surface area (Å²) in [6.45, 7) is 0.679. The molecule has 2 atom stereocenters. The number of hydrogen-bond donors (Lipinski definition) is 1. The van der Waals surface area contributed by atoms with E-state index >= 15 is 0 Å². The summed E-state index contributed by atoms with van der Waals surface area (Å²) >= 11 is 0. The minimum absolute atomic E-state index is 0.0593. The van der Waals surface area contributed by atoms with Crippen molar-refractivity contribution in [1.82, 2.24) is 0 Å². The van der Waals surface area contributed by atoms with Crippen molar-refractivity contribution in [2.24, 2.45) is 5.92 Å². The van der Waals surface area contributed by atoms with Gasteiger partial charge in [-0.15, -0.1) is 0 Å². The van der Waals surface area contributed by atoms with E-state index in [2.05, 4.69) is 5.32 Å². The number of methoxy groups -OCH3 is 1. The summed E-state index contributed by atoms with van der Waals surface area (Å²) in [5.41, 5.74) is 2.20.